The van der Waals surface area contributed by atoms with Gasteiger partial charge >= 0.3 is 0 Å². The first-order valence-corrected chi connectivity index (χ1v) is 9.56. The van der Waals surface area contributed by atoms with E-state index < -0.39 is 11.7 Å². The Labute approximate surface area is 169 Å². The number of carbonyl (C=O) groups is 2. The maximum Gasteiger partial charge on any atom is 0.258 e. The van der Waals surface area contributed by atoms with Crippen LogP contribution in [0.1, 0.15) is 21.5 Å². The van der Waals surface area contributed by atoms with Crippen molar-refractivity contribution in [2.24, 2.45) is 0 Å². The molecule has 0 unspecified atom stereocenters. The summed E-state index contributed by atoms with van der Waals surface area (Å²) >= 11 is 5.99. The minimum Gasteiger partial charge on any atom is -0.336 e. The SMILES string of the molecule is Cc1cccc(C)c1NC(=O)CN1CCN(C(=O)c2c(F)cccc2Cl)CC1. The van der Waals surface area contributed by atoms with Crippen molar-refractivity contribution in [2.45, 2.75) is 13.8 Å². The van der Waals surface area contributed by atoms with Crippen LogP contribution in [0.3, 0.4) is 0 Å². The largest absolute Gasteiger partial charge is 0.336 e. The Morgan fingerprint density at radius 1 is 1.04 bits per heavy atom. The Morgan fingerprint density at radius 3 is 2.25 bits per heavy atom. The maximum absolute atomic E-state index is 14.0. The van der Waals surface area contributed by atoms with Crippen LogP contribution in [0, 0.1) is 19.7 Å². The number of piperazine rings is 1. The molecule has 0 aliphatic carbocycles. The van der Waals surface area contributed by atoms with E-state index in [0.717, 1.165) is 16.8 Å². The van der Waals surface area contributed by atoms with Gasteiger partial charge in [-0.05, 0) is 37.1 Å². The molecule has 0 radical (unpaired) electrons. The fourth-order valence-corrected chi connectivity index (χ4v) is 3.61. The van der Waals surface area contributed by atoms with Gasteiger partial charge in [0.1, 0.15) is 5.82 Å². The molecular formula is C21H23ClFN3O2. The second-order valence-electron chi connectivity index (χ2n) is 6.98. The van der Waals surface area contributed by atoms with Gasteiger partial charge in [0.25, 0.3) is 5.91 Å². The number of aryl methyl sites for hydroxylation is 2. The molecular weight excluding hydrogens is 381 g/mol. The van der Waals surface area contributed by atoms with Gasteiger partial charge in [0.05, 0.1) is 17.1 Å². The third-order valence-electron chi connectivity index (χ3n) is 4.95. The Balaban J connectivity index is 1.55. The lowest BCUT2D eigenvalue weighted by Crippen LogP contribution is -2.50. The summed E-state index contributed by atoms with van der Waals surface area (Å²) in [7, 11) is 0. The summed E-state index contributed by atoms with van der Waals surface area (Å²) < 4.78 is 14.0. The summed E-state index contributed by atoms with van der Waals surface area (Å²) in [6.45, 7) is 6.08. The number of halogens is 2. The first-order valence-electron chi connectivity index (χ1n) is 9.18. The highest BCUT2D eigenvalue weighted by atomic mass is 35.5. The number of anilines is 1. The molecule has 1 heterocycles. The standard InChI is InChI=1S/C21H23ClFN3O2/c1-14-5-3-6-15(2)20(14)24-18(27)13-25-9-11-26(12-10-25)21(28)19-16(22)7-4-8-17(19)23/h3-8H,9-13H2,1-2H3,(H,24,27). The monoisotopic (exact) mass is 403 g/mol. The molecule has 2 aromatic carbocycles. The Kier molecular flexibility index (Phi) is 6.31. The fraction of sp³-hybridized carbons (Fsp3) is 0.333. The van der Waals surface area contributed by atoms with Crippen LogP contribution in [0.5, 0.6) is 0 Å². The van der Waals surface area contributed by atoms with Gasteiger partial charge in [0, 0.05) is 31.9 Å². The van der Waals surface area contributed by atoms with E-state index >= 15 is 0 Å². The first-order chi connectivity index (χ1) is 13.4. The van der Waals surface area contributed by atoms with Crippen LogP contribution < -0.4 is 5.32 Å². The summed E-state index contributed by atoms with van der Waals surface area (Å²) in [5.41, 5.74) is 2.79. The van der Waals surface area contributed by atoms with Gasteiger partial charge in [-0.3, -0.25) is 14.5 Å². The molecule has 3 rings (SSSR count). The number of nitrogens with zero attached hydrogens (tertiary/aromatic N) is 2. The fourth-order valence-electron chi connectivity index (χ4n) is 3.36. The minimum absolute atomic E-state index is 0.0886. The van der Waals surface area contributed by atoms with E-state index in [1.165, 1.54) is 18.2 Å². The Bertz CT molecular complexity index is 855. The smallest absolute Gasteiger partial charge is 0.258 e. The van der Waals surface area contributed by atoms with E-state index in [0.29, 0.717) is 26.2 Å². The second kappa shape index (κ2) is 8.71. The van der Waals surface area contributed by atoms with Gasteiger partial charge < -0.3 is 10.2 Å². The van der Waals surface area contributed by atoms with E-state index in [1.54, 1.807) is 4.90 Å². The van der Waals surface area contributed by atoms with E-state index in [9.17, 15) is 14.0 Å². The number of carbonyl (C=O) groups excluding carboxylic acids is 2. The molecule has 1 fully saturated rings. The first kappa shape index (κ1) is 20.3. The summed E-state index contributed by atoms with van der Waals surface area (Å²) in [5.74, 6) is -1.12. The van der Waals surface area contributed by atoms with Crippen molar-refractivity contribution >= 4 is 29.1 Å². The number of rotatable bonds is 4. The molecule has 1 saturated heterocycles. The Hall–Kier alpha value is -2.44. The van der Waals surface area contributed by atoms with E-state index in [4.69, 9.17) is 11.6 Å². The topological polar surface area (TPSA) is 52.7 Å². The zero-order chi connectivity index (χ0) is 20.3. The van der Waals surface area contributed by atoms with Crippen LogP contribution in [-0.4, -0.2) is 54.3 Å². The maximum atomic E-state index is 14.0. The normalized spacial score (nSPS) is 14.8. The number of nitrogens with one attached hydrogen (secondary N) is 1. The molecule has 28 heavy (non-hydrogen) atoms. The predicted octanol–water partition coefficient (Wildman–Crippen LogP) is 3.49. The lowest BCUT2D eigenvalue weighted by atomic mass is 10.1. The molecule has 0 saturated carbocycles. The van der Waals surface area contributed by atoms with Gasteiger partial charge in [-0.25, -0.2) is 4.39 Å². The zero-order valence-corrected chi connectivity index (χ0v) is 16.7. The highest BCUT2D eigenvalue weighted by Crippen LogP contribution is 2.22. The molecule has 148 valence electrons. The van der Waals surface area contributed by atoms with Crippen molar-refractivity contribution in [1.29, 1.82) is 0 Å². The van der Waals surface area contributed by atoms with Crippen LogP contribution >= 0.6 is 11.6 Å². The minimum atomic E-state index is -0.618. The summed E-state index contributed by atoms with van der Waals surface area (Å²) in [6.07, 6.45) is 0. The molecule has 1 N–H and O–H groups in total. The van der Waals surface area contributed by atoms with Crippen molar-refractivity contribution in [3.63, 3.8) is 0 Å². The highest BCUT2D eigenvalue weighted by Gasteiger charge is 2.26. The lowest BCUT2D eigenvalue weighted by Gasteiger charge is -2.34. The average Bonchev–Trinajstić information content (AvgIpc) is 2.65. The number of amides is 2. The van der Waals surface area contributed by atoms with Gasteiger partial charge in [0.15, 0.2) is 0 Å². The van der Waals surface area contributed by atoms with E-state index in [2.05, 4.69) is 5.32 Å². The summed E-state index contributed by atoms with van der Waals surface area (Å²) in [6, 6.07) is 10.1. The molecule has 1 aliphatic rings. The number of hydrogen-bond acceptors (Lipinski definition) is 3. The van der Waals surface area contributed by atoms with Crippen LogP contribution in [-0.2, 0) is 4.79 Å². The summed E-state index contributed by atoms with van der Waals surface area (Å²) in [4.78, 5) is 28.6. The predicted molar refractivity (Wildman–Crippen MR) is 108 cm³/mol. The van der Waals surface area contributed by atoms with Crippen molar-refractivity contribution in [3.8, 4) is 0 Å². The van der Waals surface area contributed by atoms with Crippen molar-refractivity contribution in [2.75, 3.05) is 38.0 Å². The number of hydrogen-bond donors (Lipinski definition) is 1. The van der Waals surface area contributed by atoms with Crippen LogP contribution in [0.15, 0.2) is 36.4 Å². The molecule has 0 spiro atoms. The molecule has 0 atom stereocenters. The molecule has 5 nitrogen and oxygen atoms in total. The van der Waals surface area contributed by atoms with Gasteiger partial charge in [0.2, 0.25) is 5.91 Å². The van der Waals surface area contributed by atoms with Gasteiger partial charge in [-0.2, -0.15) is 0 Å². The second-order valence-corrected chi connectivity index (χ2v) is 7.39. The van der Waals surface area contributed by atoms with Crippen molar-refractivity contribution < 1.29 is 14.0 Å². The molecule has 0 bridgehead atoms. The average molecular weight is 404 g/mol. The third-order valence-corrected chi connectivity index (χ3v) is 5.26. The lowest BCUT2D eigenvalue weighted by molar-refractivity contribution is -0.117. The number of para-hydroxylation sites is 1. The Morgan fingerprint density at radius 2 is 1.64 bits per heavy atom. The van der Waals surface area contributed by atoms with Gasteiger partial charge in [-0.1, -0.05) is 35.9 Å². The van der Waals surface area contributed by atoms with Crippen molar-refractivity contribution in [3.05, 3.63) is 63.9 Å². The highest BCUT2D eigenvalue weighted by molar-refractivity contribution is 6.33. The molecule has 2 aromatic rings. The third kappa shape index (κ3) is 4.51. The molecule has 2 amide bonds. The van der Waals surface area contributed by atoms with E-state index in [1.807, 2.05) is 36.9 Å². The van der Waals surface area contributed by atoms with E-state index in [-0.39, 0.29) is 23.0 Å². The molecule has 7 heteroatoms. The number of benzene rings is 2. The van der Waals surface area contributed by atoms with Crippen LogP contribution in [0.4, 0.5) is 10.1 Å². The molecule has 0 aromatic heterocycles. The zero-order valence-electron chi connectivity index (χ0n) is 16.0. The molecule has 1 aliphatic heterocycles. The quantitative estimate of drug-likeness (QED) is 0.850. The van der Waals surface area contributed by atoms with Crippen molar-refractivity contribution in [1.82, 2.24) is 9.80 Å². The van der Waals surface area contributed by atoms with Crippen LogP contribution in [0.25, 0.3) is 0 Å². The summed E-state index contributed by atoms with van der Waals surface area (Å²) in [5, 5.41) is 3.08. The van der Waals surface area contributed by atoms with Gasteiger partial charge in [-0.15, -0.1) is 0 Å². The van der Waals surface area contributed by atoms with Crippen LogP contribution in [0.2, 0.25) is 5.02 Å².